The summed E-state index contributed by atoms with van der Waals surface area (Å²) in [6.07, 6.45) is 1.62. The Morgan fingerprint density at radius 1 is 1.19 bits per heavy atom. The Morgan fingerprint density at radius 2 is 1.90 bits per heavy atom. The zero-order valence-electron chi connectivity index (χ0n) is 11.0. The number of carbonyl (C=O) groups is 1. The molecule has 21 heavy (non-hydrogen) atoms. The molecular formula is C15H10F2N2O2. The van der Waals surface area contributed by atoms with Crippen molar-refractivity contribution in [2.75, 3.05) is 0 Å². The van der Waals surface area contributed by atoms with Gasteiger partial charge in [0.2, 0.25) is 0 Å². The van der Waals surface area contributed by atoms with Crippen LogP contribution in [0.5, 0.6) is 5.75 Å². The Balaban J connectivity index is 1.92. The summed E-state index contributed by atoms with van der Waals surface area (Å²) in [4.78, 5) is 16.0. The molecule has 0 aliphatic carbocycles. The van der Waals surface area contributed by atoms with Crippen molar-refractivity contribution >= 4 is 17.0 Å². The minimum atomic E-state index is -1.08. The van der Waals surface area contributed by atoms with Gasteiger partial charge in [-0.2, -0.15) is 0 Å². The molecule has 0 amide bonds. The predicted molar refractivity (Wildman–Crippen MR) is 72.0 cm³/mol. The lowest BCUT2D eigenvalue weighted by atomic mass is 10.2. The van der Waals surface area contributed by atoms with Gasteiger partial charge in [0.15, 0.2) is 0 Å². The smallest absolute Gasteiger partial charge is 0.349 e. The van der Waals surface area contributed by atoms with E-state index in [1.807, 2.05) is 7.05 Å². The van der Waals surface area contributed by atoms with E-state index in [0.29, 0.717) is 5.52 Å². The van der Waals surface area contributed by atoms with Gasteiger partial charge < -0.3 is 9.30 Å². The number of fused-ring (bicyclic) bond motifs is 1. The number of hydrogen-bond acceptors (Lipinski definition) is 3. The average Bonchev–Trinajstić information content (AvgIpc) is 2.80. The van der Waals surface area contributed by atoms with Gasteiger partial charge in [0, 0.05) is 13.1 Å². The van der Waals surface area contributed by atoms with Crippen LogP contribution >= 0.6 is 0 Å². The Hall–Kier alpha value is -2.76. The zero-order chi connectivity index (χ0) is 15.0. The van der Waals surface area contributed by atoms with E-state index in [-0.39, 0.29) is 5.75 Å². The molecule has 0 atom stereocenters. The topological polar surface area (TPSA) is 44.1 Å². The van der Waals surface area contributed by atoms with Crippen molar-refractivity contribution in [3.8, 4) is 5.75 Å². The third kappa shape index (κ3) is 2.35. The summed E-state index contributed by atoms with van der Waals surface area (Å²) in [5, 5.41) is 0. The molecule has 0 radical (unpaired) electrons. The van der Waals surface area contributed by atoms with Gasteiger partial charge in [0.05, 0.1) is 17.4 Å². The number of rotatable bonds is 2. The number of halogens is 2. The van der Waals surface area contributed by atoms with E-state index in [2.05, 4.69) is 4.98 Å². The first-order valence-corrected chi connectivity index (χ1v) is 6.13. The van der Waals surface area contributed by atoms with Crippen LogP contribution in [-0.2, 0) is 7.05 Å². The van der Waals surface area contributed by atoms with Gasteiger partial charge in [-0.05, 0) is 24.3 Å². The number of benzene rings is 2. The fourth-order valence-corrected chi connectivity index (χ4v) is 2.03. The van der Waals surface area contributed by atoms with Crippen LogP contribution in [0.15, 0.2) is 42.7 Å². The lowest BCUT2D eigenvalue weighted by molar-refractivity contribution is 0.0725. The molecule has 2 aromatic carbocycles. The molecule has 0 aliphatic rings. The standard InChI is InChI=1S/C15H10F2N2O2/c1-19-8-18-12-7-9(5-6-13(12)19)21-15(20)14-10(16)3-2-4-11(14)17/h2-8H,1H3. The number of hydrogen-bond donors (Lipinski definition) is 0. The monoisotopic (exact) mass is 288 g/mol. The van der Waals surface area contributed by atoms with Crippen molar-refractivity contribution in [3.63, 3.8) is 0 Å². The second-order valence-corrected chi connectivity index (χ2v) is 4.49. The molecule has 0 fully saturated rings. The normalized spacial score (nSPS) is 10.8. The number of aromatic nitrogens is 2. The summed E-state index contributed by atoms with van der Waals surface area (Å²) in [7, 11) is 1.83. The molecule has 0 saturated carbocycles. The molecule has 0 saturated heterocycles. The van der Waals surface area contributed by atoms with Crippen molar-refractivity contribution in [2.45, 2.75) is 0 Å². The van der Waals surface area contributed by atoms with E-state index in [1.54, 1.807) is 23.0 Å². The molecule has 0 aliphatic heterocycles. The van der Waals surface area contributed by atoms with Gasteiger partial charge in [-0.3, -0.25) is 0 Å². The van der Waals surface area contributed by atoms with E-state index in [9.17, 15) is 13.6 Å². The molecule has 6 heteroatoms. The highest BCUT2D eigenvalue weighted by molar-refractivity contribution is 5.92. The molecule has 0 N–H and O–H groups in total. The van der Waals surface area contributed by atoms with Crippen LogP contribution in [0.2, 0.25) is 0 Å². The highest BCUT2D eigenvalue weighted by atomic mass is 19.1. The SMILES string of the molecule is Cn1cnc2cc(OC(=O)c3c(F)cccc3F)ccc21. The number of ether oxygens (including phenoxy) is 1. The van der Waals surface area contributed by atoms with Crippen molar-refractivity contribution in [1.29, 1.82) is 0 Å². The number of nitrogens with zero attached hydrogens (tertiary/aromatic N) is 2. The summed E-state index contributed by atoms with van der Waals surface area (Å²) in [6.45, 7) is 0. The van der Waals surface area contributed by atoms with Gasteiger partial charge in [-0.25, -0.2) is 18.6 Å². The predicted octanol–water partition coefficient (Wildman–Crippen LogP) is 3.07. The van der Waals surface area contributed by atoms with Gasteiger partial charge in [0.25, 0.3) is 0 Å². The molecule has 3 rings (SSSR count). The van der Waals surface area contributed by atoms with E-state index in [1.165, 1.54) is 12.1 Å². The fraction of sp³-hybridized carbons (Fsp3) is 0.0667. The Kier molecular flexibility index (Phi) is 3.13. The quantitative estimate of drug-likeness (QED) is 0.537. The first-order chi connectivity index (χ1) is 10.1. The molecule has 0 unspecified atom stereocenters. The maximum atomic E-state index is 13.5. The summed E-state index contributed by atoms with van der Waals surface area (Å²) >= 11 is 0. The van der Waals surface area contributed by atoms with Crippen LogP contribution in [0.25, 0.3) is 11.0 Å². The molecular weight excluding hydrogens is 278 g/mol. The van der Waals surface area contributed by atoms with Crippen molar-refractivity contribution in [1.82, 2.24) is 9.55 Å². The molecule has 3 aromatic rings. The van der Waals surface area contributed by atoms with Crippen LogP contribution < -0.4 is 4.74 Å². The fourth-order valence-electron chi connectivity index (χ4n) is 2.03. The molecule has 4 nitrogen and oxygen atoms in total. The number of carbonyl (C=O) groups excluding carboxylic acids is 1. The molecule has 106 valence electrons. The number of esters is 1. The lowest BCUT2D eigenvalue weighted by Crippen LogP contribution is -2.13. The van der Waals surface area contributed by atoms with Crippen LogP contribution in [0.4, 0.5) is 8.78 Å². The maximum Gasteiger partial charge on any atom is 0.349 e. The number of imidazole rings is 1. The first-order valence-electron chi connectivity index (χ1n) is 6.13. The van der Waals surface area contributed by atoms with Crippen LogP contribution in [-0.4, -0.2) is 15.5 Å². The van der Waals surface area contributed by atoms with Crippen molar-refractivity contribution in [2.24, 2.45) is 7.05 Å². The second kappa shape index (κ2) is 4.97. The highest BCUT2D eigenvalue weighted by Crippen LogP contribution is 2.21. The Bertz CT molecular complexity index is 823. The van der Waals surface area contributed by atoms with Gasteiger partial charge >= 0.3 is 5.97 Å². The van der Waals surface area contributed by atoms with E-state index < -0.39 is 23.2 Å². The van der Waals surface area contributed by atoms with Gasteiger partial charge in [0.1, 0.15) is 22.9 Å². The molecule has 1 aromatic heterocycles. The number of aryl methyl sites for hydroxylation is 1. The second-order valence-electron chi connectivity index (χ2n) is 4.49. The largest absolute Gasteiger partial charge is 0.423 e. The Labute approximate surface area is 118 Å². The van der Waals surface area contributed by atoms with Gasteiger partial charge in [-0.1, -0.05) is 6.07 Å². The zero-order valence-corrected chi connectivity index (χ0v) is 11.0. The molecule has 1 heterocycles. The molecule has 0 spiro atoms. The summed E-state index contributed by atoms with van der Waals surface area (Å²) in [5.41, 5.74) is 0.766. The van der Waals surface area contributed by atoms with Crippen LogP contribution in [0.1, 0.15) is 10.4 Å². The minimum Gasteiger partial charge on any atom is -0.423 e. The summed E-state index contributed by atoms with van der Waals surface area (Å²) < 4.78 is 33.8. The highest BCUT2D eigenvalue weighted by Gasteiger charge is 2.19. The summed E-state index contributed by atoms with van der Waals surface area (Å²) in [6, 6.07) is 7.97. The molecule has 0 bridgehead atoms. The third-order valence-corrected chi connectivity index (χ3v) is 3.07. The summed E-state index contributed by atoms with van der Waals surface area (Å²) in [5.74, 6) is -2.83. The van der Waals surface area contributed by atoms with E-state index in [4.69, 9.17) is 4.74 Å². The maximum absolute atomic E-state index is 13.5. The first kappa shape index (κ1) is 13.2. The van der Waals surface area contributed by atoms with Crippen LogP contribution in [0, 0.1) is 11.6 Å². The Morgan fingerprint density at radius 3 is 2.62 bits per heavy atom. The van der Waals surface area contributed by atoms with E-state index >= 15 is 0 Å². The lowest BCUT2D eigenvalue weighted by Gasteiger charge is -2.06. The third-order valence-electron chi connectivity index (χ3n) is 3.07. The van der Waals surface area contributed by atoms with Gasteiger partial charge in [-0.15, -0.1) is 0 Å². The van der Waals surface area contributed by atoms with Crippen molar-refractivity contribution in [3.05, 3.63) is 59.9 Å². The van der Waals surface area contributed by atoms with E-state index in [0.717, 1.165) is 17.6 Å². The van der Waals surface area contributed by atoms with Crippen LogP contribution in [0.3, 0.4) is 0 Å². The average molecular weight is 288 g/mol. The van der Waals surface area contributed by atoms with Crippen molar-refractivity contribution < 1.29 is 18.3 Å². The minimum absolute atomic E-state index is 0.175.